The Bertz CT molecular complexity index is 280. The minimum atomic E-state index is 0.133. The van der Waals surface area contributed by atoms with Crippen molar-refractivity contribution in [3.63, 3.8) is 0 Å². The number of nitrogens with two attached hydrogens (primary N) is 1. The number of hydrogen-bond acceptors (Lipinski definition) is 2. The summed E-state index contributed by atoms with van der Waals surface area (Å²) in [6, 6.07) is 2.16. The summed E-state index contributed by atoms with van der Waals surface area (Å²) >= 11 is 0. The van der Waals surface area contributed by atoms with Crippen molar-refractivity contribution in [1.29, 1.82) is 0 Å². The maximum absolute atomic E-state index is 6.27. The van der Waals surface area contributed by atoms with Gasteiger partial charge in [0.15, 0.2) is 0 Å². The molecule has 0 fully saturated rings. The van der Waals surface area contributed by atoms with Gasteiger partial charge < -0.3 is 5.73 Å². The zero-order valence-electron chi connectivity index (χ0n) is 10.1. The topological polar surface area (TPSA) is 43.8 Å². The molecule has 15 heavy (non-hydrogen) atoms. The Kier molecular flexibility index (Phi) is 4.82. The van der Waals surface area contributed by atoms with Gasteiger partial charge in [0, 0.05) is 19.3 Å². The van der Waals surface area contributed by atoms with Crippen LogP contribution in [0.25, 0.3) is 0 Å². The first kappa shape index (κ1) is 12.2. The van der Waals surface area contributed by atoms with Crippen LogP contribution in [0.1, 0.15) is 51.3 Å². The van der Waals surface area contributed by atoms with Gasteiger partial charge in [0.1, 0.15) is 0 Å². The van der Waals surface area contributed by atoms with E-state index < -0.39 is 0 Å². The fourth-order valence-corrected chi connectivity index (χ4v) is 2.06. The third-order valence-electron chi connectivity index (χ3n) is 3.16. The number of nitrogens with zero attached hydrogens (tertiary/aromatic N) is 2. The first-order valence-corrected chi connectivity index (χ1v) is 5.94. The molecule has 2 N–H and O–H groups in total. The van der Waals surface area contributed by atoms with Gasteiger partial charge in [-0.05, 0) is 18.4 Å². The van der Waals surface area contributed by atoms with Crippen molar-refractivity contribution in [1.82, 2.24) is 9.78 Å². The van der Waals surface area contributed by atoms with Crippen LogP contribution in [0.4, 0.5) is 0 Å². The second kappa shape index (κ2) is 5.91. The zero-order chi connectivity index (χ0) is 11.3. The maximum Gasteiger partial charge on any atom is 0.0550 e. The number of unbranched alkanes of at least 4 members (excludes halogenated alkanes) is 1. The van der Waals surface area contributed by atoms with Gasteiger partial charge in [-0.3, -0.25) is 4.68 Å². The van der Waals surface area contributed by atoms with E-state index >= 15 is 0 Å². The molecule has 2 atom stereocenters. The molecule has 0 saturated heterocycles. The summed E-state index contributed by atoms with van der Waals surface area (Å²) in [6.07, 6.45) is 6.70. The van der Waals surface area contributed by atoms with Gasteiger partial charge in [-0.15, -0.1) is 0 Å². The Balaban J connectivity index is 2.64. The third kappa shape index (κ3) is 3.06. The van der Waals surface area contributed by atoms with Crippen LogP contribution in [0.3, 0.4) is 0 Å². The lowest BCUT2D eigenvalue weighted by Gasteiger charge is -2.22. The number of rotatable bonds is 6. The fraction of sp³-hybridized carbons (Fsp3) is 0.750. The SMILES string of the molecule is CCCCC(CC)C(N)c1ccnn1C. The third-order valence-corrected chi connectivity index (χ3v) is 3.16. The van der Waals surface area contributed by atoms with Gasteiger partial charge in [-0.1, -0.05) is 33.1 Å². The smallest absolute Gasteiger partial charge is 0.0550 e. The average Bonchev–Trinajstić information content (AvgIpc) is 2.65. The van der Waals surface area contributed by atoms with Gasteiger partial charge in [0.2, 0.25) is 0 Å². The van der Waals surface area contributed by atoms with Crippen LogP contribution in [0.5, 0.6) is 0 Å². The molecular weight excluding hydrogens is 186 g/mol. The molecule has 1 rings (SSSR count). The predicted molar refractivity (Wildman–Crippen MR) is 63.4 cm³/mol. The molecule has 0 aromatic carbocycles. The summed E-state index contributed by atoms with van der Waals surface area (Å²) in [7, 11) is 1.96. The molecule has 1 heterocycles. The Hall–Kier alpha value is -0.830. The molecule has 3 heteroatoms. The first-order chi connectivity index (χ1) is 7.20. The summed E-state index contributed by atoms with van der Waals surface area (Å²) in [5, 5.41) is 4.17. The Morgan fingerprint density at radius 3 is 2.67 bits per heavy atom. The summed E-state index contributed by atoms with van der Waals surface area (Å²) in [5.74, 6) is 0.584. The molecule has 0 saturated carbocycles. The molecule has 0 bridgehead atoms. The molecule has 0 aliphatic heterocycles. The predicted octanol–water partition coefficient (Wildman–Crippen LogP) is 2.64. The van der Waals surface area contributed by atoms with E-state index in [9.17, 15) is 0 Å². The lowest BCUT2D eigenvalue weighted by atomic mass is 9.90. The molecule has 0 aliphatic carbocycles. The van der Waals surface area contributed by atoms with Crippen molar-refractivity contribution in [3.8, 4) is 0 Å². The molecule has 3 nitrogen and oxygen atoms in total. The maximum atomic E-state index is 6.27. The number of aromatic nitrogens is 2. The van der Waals surface area contributed by atoms with Gasteiger partial charge in [0.05, 0.1) is 5.69 Å². The number of aryl methyl sites for hydroxylation is 1. The Morgan fingerprint density at radius 2 is 2.20 bits per heavy atom. The minimum Gasteiger partial charge on any atom is -0.322 e. The highest BCUT2D eigenvalue weighted by molar-refractivity contribution is 5.07. The monoisotopic (exact) mass is 209 g/mol. The molecule has 0 radical (unpaired) electrons. The van der Waals surface area contributed by atoms with Crippen molar-refractivity contribution in [2.45, 2.75) is 45.6 Å². The van der Waals surface area contributed by atoms with E-state index in [1.54, 1.807) is 0 Å². The molecule has 1 aromatic rings. The van der Waals surface area contributed by atoms with Crippen LogP contribution in [-0.4, -0.2) is 9.78 Å². The Labute approximate surface area is 92.7 Å². The highest BCUT2D eigenvalue weighted by atomic mass is 15.3. The lowest BCUT2D eigenvalue weighted by molar-refractivity contribution is 0.364. The van der Waals surface area contributed by atoms with E-state index in [0.29, 0.717) is 5.92 Å². The van der Waals surface area contributed by atoms with E-state index in [1.165, 1.54) is 19.3 Å². The molecule has 86 valence electrons. The molecule has 2 unspecified atom stereocenters. The summed E-state index contributed by atoms with van der Waals surface area (Å²) < 4.78 is 1.89. The van der Waals surface area contributed by atoms with E-state index in [-0.39, 0.29) is 6.04 Å². The van der Waals surface area contributed by atoms with Gasteiger partial charge in [-0.25, -0.2) is 0 Å². The fourth-order valence-electron chi connectivity index (χ4n) is 2.06. The van der Waals surface area contributed by atoms with Crippen molar-refractivity contribution in [2.75, 3.05) is 0 Å². The normalized spacial score (nSPS) is 15.2. The van der Waals surface area contributed by atoms with Crippen molar-refractivity contribution < 1.29 is 0 Å². The quantitative estimate of drug-likeness (QED) is 0.782. The molecule has 0 amide bonds. The van der Waals surface area contributed by atoms with Crippen molar-refractivity contribution in [3.05, 3.63) is 18.0 Å². The number of hydrogen-bond donors (Lipinski definition) is 1. The lowest BCUT2D eigenvalue weighted by Crippen LogP contribution is -2.23. The van der Waals surface area contributed by atoms with E-state index in [1.807, 2.05) is 24.0 Å². The second-order valence-corrected chi connectivity index (χ2v) is 4.22. The average molecular weight is 209 g/mol. The molecule has 0 spiro atoms. The standard InChI is InChI=1S/C12H23N3/c1-4-6-7-10(5-2)12(13)11-8-9-14-15(11)3/h8-10,12H,4-7,13H2,1-3H3. The van der Waals surface area contributed by atoms with Crippen molar-refractivity contribution >= 4 is 0 Å². The highest BCUT2D eigenvalue weighted by Gasteiger charge is 2.19. The van der Waals surface area contributed by atoms with Crippen LogP contribution in [-0.2, 0) is 7.05 Å². The summed E-state index contributed by atoms with van der Waals surface area (Å²) in [6.45, 7) is 4.44. The molecule has 0 aliphatic rings. The van der Waals surface area contributed by atoms with Crippen molar-refractivity contribution in [2.24, 2.45) is 18.7 Å². The van der Waals surface area contributed by atoms with Crippen LogP contribution < -0.4 is 5.73 Å². The minimum absolute atomic E-state index is 0.133. The highest BCUT2D eigenvalue weighted by Crippen LogP contribution is 2.26. The van der Waals surface area contributed by atoms with E-state index in [2.05, 4.69) is 18.9 Å². The summed E-state index contributed by atoms with van der Waals surface area (Å²) in [5.41, 5.74) is 7.43. The summed E-state index contributed by atoms with van der Waals surface area (Å²) in [4.78, 5) is 0. The van der Waals surface area contributed by atoms with E-state index in [4.69, 9.17) is 5.73 Å². The molecular formula is C12H23N3. The van der Waals surface area contributed by atoms with Crippen LogP contribution in [0.2, 0.25) is 0 Å². The zero-order valence-corrected chi connectivity index (χ0v) is 10.1. The first-order valence-electron chi connectivity index (χ1n) is 5.94. The van der Waals surface area contributed by atoms with Gasteiger partial charge in [0.25, 0.3) is 0 Å². The Morgan fingerprint density at radius 1 is 1.47 bits per heavy atom. The second-order valence-electron chi connectivity index (χ2n) is 4.22. The van der Waals surface area contributed by atoms with E-state index in [0.717, 1.165) is 12.1 Å². The molecule has 1 aromatic heterocycles. The van der Waals surface area contributed by atoms with Crippen LogP contribution in [0, 0.1) is 5.92 Å². The van der Waals surface area contributed by atoms with Crippen LogP contribution in [0.15, 0.2) is 12.3 Å². The van der Waals surface area contributed by atoms with Crippen LogP contribution >= 0.6 is 0 Å². The van der Waals surface area contributed by atoms with Gasteiger partial charge >= 0.3 is 0 Å². The largest absolute Gasteiger partial charge is 0.322 e. The van der Waals surface area contributed by atoms with Gasteiger partial charge in [-0.2, -0.15) is 5.10 Å².